The third-order valence-corrected chi connectivity index (χ3v) is 5.07. The summed E-state index contributed by atoms with van der Waals surface area (Å²) in [4.78, 5) is 2.94. The Hall–Kier alpha value is 0.01000. The van der Waals surface area contributed by atoms with Crippen LogP contribution in [0, 0.1) is 13.8 Å². The van der Waals surface area contributed by atoms with Gasteiger partial charge < -0.3 is 5.32 Å². The summed E-state index contributed by atoms with van der Waals surface area (Å²) in [6, 6.07) is 3.11. The van der Waals surface area contributed by atoms with Crippen molar-refractivity contribution in [1.29, 1.82) is 0 Å². The number of aryl methyl sites for hydroxylation is 2. The Morgan fingerprint density at radius 1 is 1.47 bits per heavy atom. The second kappa shape index (κ2) is 5.37. The Bertz CT molecular complexity index is 313. The van der Waals surface area contributed by atoms with E-state index in [9.17, 15) is 0 Å². The highest BCUT2D eigenvalue weighted by atomic mass is 32.2. The number of hydrogen-bond donors (Lipinski definition) is 1. The number of thiophene rings is 1. The molecule has 0 radical (unpaired) electrons. The summed E-state index contributed by atoms with van der Waals surface area (Å²) in [5.41, 5.74) is 1.54. The lowest BCUT2D eigenvalue weighted by Crippen LogP contribution is -2.30. The molecule has 0 bridgehead atoms. The molecule has 1 aromatic rings. The predicted molar refractivity (Wildman–Crippen MR) is 71.2 cm³/mol. The topological polar surface area (TPSA) is 12.0 Å². The Morgan fingerprint density at radius 3 is 2.93 bits per heavy atom. The second-order valence-corrected chi connectivity index (χ2v) is 6.81. The summed E-state index contributed by atoms with van der Waals surface area (Å²) >= 11 is 4.00. The molecule has 1 aromatic heterocycles. The quantitative estimate of drug-likeness (QED) is 0.870. The number of thioether (sulfide) groups is 1. The van der Waals surface area contributed by atoms with Crippen LogP contribution in [0.5, 0.6) is 0 Å². The molecule has 1 atom stereocenters. The molecular formula is C12H19NS2. The van der Waals surface area contributed by atoms with Crippen LogP contribution >= 0.6 is 23.1 Å². The molecule has 0 saturated carbocycles. The first-order chi connectivity index (χ1) is 7.25. The summed E-state index contributed by atoms with van der Waals surface area (Å²) < 4.78 is 0. The van der Waals surface area contributed by atoms with Gasteiger partial charge in [0.1, 0.15) is 0 Å². The molecule has 0 aliphatic carbocycles. The van der Waals surface area contributed by atoms with Gasteiger partial charge in [-0.2, -0.15) is 11.8 Å². The van der Waals surface area contributed by atoms with E-state index in [-0.39, 0.29) is 0 Å². The van der Waals surface area contributed by atoms with Gasteiger partial charge in [0.25, 0.3) is 0 Å². The highest BCUT2D eigenvalue weighted by Crippen LogP contribution is 2.21. The normalized spacial score (nSPS) is 21.1. The molecule has 3 heteroatoms. The minimum absolute atomic E-state index is 0.773. The number of nitrogens with one attached hydrogen (secondary N) is 1. The van der Waals surface area contributed by atoms with Gasteiger partial charge in [-0.1, -0.05) is 0 Å². The molecule has 1 nitrogen and oxygen atoms in total. The molecule has 1 N–H and O–H groups in total. The summed E-state index contributed by atoms with van der Waals surface area (Å²) in [6.45, 7) is 5.57. The summed E-state index contributed by atoms with van der Waals surface area (Å²) in [5, 5.41) is 3.65. The van der Waals surface area contributed by atoms with E-state index < -0.39 is 0 Å². The first-order valence-electron chi connectivity index (χ1n) is 5.63. The van der Waals surface area contributed by atoms with Crippen LogP contribution in [0.25, 0.3) is 0 Å². The highest BCUT2D eigenvalue weighted by Gasteiger charge is 2.14. The molecular weight excluding hydrogens is 222 g/mol. The molecule has 0 aromatic carbocycles. The van der Waals surface area contributed by atoms with Crippen molar-refractivity contribution in [2.45, 2.75) is 32.7 Å². The Morgan fingerprint density at radius 2 is 2.33 bits per heavy atom. The summed E-state index contributed by atoms with van der Waals surface area (Å²) in [6.07, 6.45) is 2.55. The van der Waals surface area contributed by atoms with Gasteiger partial charge in [0, 0.05) is 21.5 Å². The van der Waals surface area contributed by atoms with E-state index >= 15 is 0 Å². The van der Waals surface area contributed by atoms with Crippen molar-refractivity contribution < 1.29 is 0 Å². The van der Waals surface area contributed by atoms with Crippen LogP contribution in [0.1, 0.15) is 21.7 Å². The molecule has 1 aliphatic rings. The zero-order valence-electron chi connectivity index (χ0n) is 9.51. The molecule has 0 amide bonds. The largest absolute Gasteiger partial charge is 0.313 e. The van der Waals surface area contributed by atoms with Crippen molar-refractivity contribution >= 4 is 23.1 Å². The highest BCUT2D eigenvalue weighted by molar-refractivity contribution is 7.99. The second-order valence-electron chi connectivity index (χ2n) is 4.20. The molecule has 2 rings (SSSR count). The van der Waals surface area contributed by atoms with Crippen molar-refractivity contribution in [2.75, 3.05) is 18.1 Å². The standard InChI is InChI=1S/C12H19NS2/c1-9-7-11(10(2)15-9)3-5-13-12-4-6-14-8-12/h7,12-13H,3-6,8H2,1-2H3. The molecule has 1 unspecified atom stereocenters. The van der Waals surface area contributed by atoms with Crippen LogP contribution in [0.3, 0.4) is 0 Å². The predicted octanol–water partition coefficient (Wildman–Crippen LogP) is 3.00. The average molecular weight is 241 g/mol. The fourth-order valence-corrected chi connectivity index (χ4v) is 4.20. The van der Waals surface area contributed by atoms with Gasteiger partial charge >= 0.3 is 0 Å². The van der Waals surface area contributed by atoms with Crippen LogP contribution in [0.2, 0.25) is 0 Å². The molecule has 0 spiro atoms. The van der Waals surface area contributed by atoms with Crippen LogP contribution in [0.15, 0.2) is 6.07 Å². The van der Waals surface area contributed by atoms with Gasteiger partial charge in [-0.05, 0) is 50.6 Å². The zero-order chi connectivity index (χ0) is 10.7. The van der Waals surface area contributed by atoms with Crippen LogP contribution in [-0.4, -0.2) is 24.1 Å². The number of rotatable bonds is 4. The Labute approximate surface area is 101 Å². The van der Waals surface area contributed by atoms with Crippen LogP contribution in [-0.2, 0) is 6.42 Å². The molecule has 2 heterocycles. The monoisotopic (exact) mass is 241 g/mol. The summed E-state index contributed by atoms with van der Waals surface area (Å²) in [7, 11) is 0. The van der Waals surface area contributed by atoms with E-state index in [1.54, 1.807) is 0 Å². The molecule has 1 aliphatic heterocycles. The lowest BCUT2D eigenvalue weighted by atomic mass is 10.1. The third kappa shape index (κ3) is 3.23. The minimum atomic E-state index is 0.773. The third-order valence-electron chi connectivity index (χ3n) is 2.90. The lowest BCUT2D eigenvalue weighted by molar-refractivity contribution is 0.560. The minimum Gasteiger partial charge on any atom is -0.313 e. The smallest absolute Gasteiger partial charge is 0.0166 e. The van der Waals surface area contributed by atoms with Gasteiger partial charge in [-0.25, -0.2) is 0 Å². The van der Waals surface area contributed by atoms with Crippen molar-refractivity contribution in [2.24, 2.45) is 0 Å². The van der Waals surface area contributed by atoms with Crippen molar-refractivity contribution in [1.82, 2.24) is 5.32 Å². The molecule has 15 heavy (non-hydrogen) atoms. The van der Waals surface area contributed by atoms with Crippen molar-refractivity contribution in [3.63, 3.8) is 0 Å². The van der Waals surface area contributed by atoms with E-state index in [2.05, 4.69) is 37.0 Å². The van der Waals surface area contributed by atoms with Gasteiger partial charge in [0.05, 0.1) is 0 Å². The fraction of sp³-hybridized carbons (Fsp3) is 0.667. The van der Waals surface area contributed by atoms with E-state index in [0.29, 0.717) is 0 Å². The van der Waals surface area contributed by atoms with Gasteiger partial charge in [0.15, 0.2) is 0 Å². The molecule has 84 valence electrons. The van der Waals surface area contributed by atoms with Gasteiger partial charge in [-0.3, -0.25) is 0 Å². The van der Waals surface area contributed by atoms with Crippen molar-refractivity contribution in [3.05, 3.63) is 21.4 Å². The maximum Gasteiger partial charge on any atom is 0.0166 e. The first-order valence-corrected chi connectivity index (χ1v) is 7.60. The number of hydrogen-bond acceptors (Lipinski definition) is 3. The molecule has 1 saturated heterocycles. The lowest BCUT2D eigenvalue weighted by Gasteiger charge is -2.10. The van der Waals surface area contributed by atoms with Crippen molar-refractivity contribution in [3.8, 4) is 0 Å². The van der Waals surface area contributed by atoms with E-state index in [0.717, 1.165) is 12.6 Å². The Kier molecular flexibility index (Phi) is 4.12. The SMILES string of the molecule is Cc1cc(CCNC2CCSC2)c(C)s1. The van der Waals surface area contributed by atoms with Crippen LogP contribution in [0.4, 0.5) is 0 Å². The van der Waals surface area contributed by atoms with Gasteiger partial charge in [-0.15, -0.1) is 11.3 Å². The van der Waals surface area contributed by atoms with E-state index in [1.807, 2.05) is 11.3 Å². The van der Waals surface area contributed by atoms with Gasteiger partial charge in [0.2, 0.25) is 0 Å². The average Bonchev–Trinajstić information content (AvgIpc) is 2.77. The fourth-order valence-electron chi connectivity index (χ4n) is 2.04. The van der Waals surface area contributed by atoms with E-state index in [1.165, 1.54) is 39.7 Å². The maximum absolute atomic E-state index is 3.65. The molecule has 1 fully saturated rings. The summed E-state index contributed by atoms with van der Waals surface area (Å²) in [5.74, 6) is 2.65. The Balaban J connectivity index is 1.75. The van der Waals surface area contributed by atoms with Crippen LogP contribution < -0.4 is 5.32 Å². The zero-order valence-corrected chi connectivity index (χ0v) is 11.1. The first kappa shape index (κ1) is 11.5. The maximum atomic E-state index is 3.65. The van der Waals surface area contributed by atoms with E-state index in [4.69, 9.17) is 0 Å².